The zero-order chi connectivity index (χ0) is 30.1. The number of hydrogen-bond acceptors (Lipinski definition) is 7. The van der Waals surface area contributed by atoms with Gasteiger partial charge in [-0.3, -0.25) is 14.6 Å². The van der Waals surface area contributed by atoms with E-state index >= 15 is 0 Å². The van der Waals surface area contributed by atoms with Gasteiger partial charge < -0.3 is 10.2 Å². The van der Waals surface area contributed by atoms with E-state index in [0.717, 1.165) is 76.6 Å². The Morgan fingerprint density at radius 1 is 0.750 bits per heavy atom. The Morgan fingerprint density at radius 2 is 1.36 bits per heavy atom. The maximum Gasteiger partial charge on any atom is 0.251 e. The zero-order valence-corrected chi connectivity index (χ0v) is 26.5. The van der Waals surface area contributed by atoms with E-state index < -0.39 is 0 Å². The number of amides is 1. The van der Waals surface area contributed by atoms with Gasteiger partial charge in [-0.15, -0.1) is 0 Å². The van der Waals surface area contributed by atoms with Gasteiger partial charge in [-0.1, -0.05) is 96.2 Å². The molecular formula is C35H39ClN6OS. The van der Waals surface area contributed by atoms with Crippen molar-refractivity contribution in [2.75, 3.05) is 44.2 Å². The van der Waals surface area contributed by atoms with Crippen LogP contribution in [0.5, 0.6) is 0 Å². The second kappa shape index (κ2) is 15.0. The van der Waals surface area contributed by atoms with E-state index in [2.05, 4.69) is 85.7 Å². The van der Waals surface area contributed by atoms with Gasteiger partial charge in [0.05, 0.1) is 0 Å². The average Bonchev–Trinajstić information content (AvgIpc) is 3.06. The highest BCUT2D eigenvalue weighted by molar-refractivity contribution is 7.98. The third-order valence-corrected chi connectivity index (χ3v) is 9.45. The number of halogens is 1. The van der Waals surface area contributed by atoms with E-state index in [1.165, 1.54) is 11.1 Å². The summed E-state index contributed by atoms with van der Waals surface area (Å²) in [7, 11) is 0. The van der Waals surface area contributed by atoms with Crippen molar-refractivity contribution in [2.45, 2.75) is 42.9 Å². The van der Waals surface area contributed by atoms with Crippen LogP contribution in [0.1, 0.15) is 39.9 Å². The van der Waals surface area contributed by atoms with Crippen LogP contribution < -0.4 is 10.2 Å². The summed E-state index contributed by atoms with van der Waals surface area (Å²) >= 11 is 7.98. The predicted molar refractivity (Wildman–Crippen MR) is 179 cm³/mol. The van der Waals surface area contributed by atoms with E-state index in [1.807, 2.05) is 30.3 Å². The number of anilines is 1. The van der Waals surface area contributed by atoms with E-state index in [0.29, 0.717) is 21.6 Å². The summed E-state index contributed by atoms with van der Waals surface area (Å²) in [5, 5.41) is 4.37. The predicted octanol–water partition coefficient (Wildman–Crippen LogP) is 6.14. The lowest BCUT2D eigenvalue weighted by molar-refractivity contribution is 0.0909. The Labute approximate surface area is 269 Å². The number of benzene rings is 3. The summed E-state index contributed by atoms with van der Waals surface area (Å²) in [5.41, 5.74) is 4.42. The van der Waals surface area contributed by atoms with Crippen LogP contribution in [-0.2, 0) is 18.8 Å². The lowest BCUT2D eigenvalue weighted by atomic mass is 10.0. The average molecular weight is 627 g/mol. The standard InChI is InChI=1S/C35H39ClN6OS/c36-32-23-33(42-20-18-41(19-21-42)25-28-10-5-2-6-11-28)39-35(38-32)44-26-29-12-7-13-30(22-29)34(43)37-31-14-16-40(17-15-31)24-27-8-3-1-4-9-27/h1-13,22-23,31H,14-21,24-26H2,(H,37,43). The summed E-state index contributed by atoms with van der Waals surface area (Å²) in [6.45, 7) is 7.64. The normalized spacial score (nSPS) is 16.6. The van der Waals surface area contributed by atoms with Gasteiger partial charge >= 0.3 is 0 Å². The molecule has 0 radical (unpaired) electrons. The first-order chi connectivity index (χ1) is 21.6. The van der Waals surface area contributed by atoms with Crippen molar-refractivity contribution in [3.63, 3.8) is 0 Å². The van der Waals surface area contributed by atoms with Crippen LogP contribution in [-0.4, -0.2) is 71.0 Å². The van der Waals surface area contributed by atoms with Crippen LogP contribution in [0, 0.1) is 0 Å². The molecule has 0 bridgehead atoms. The monoisotopic (exact) mass is 626 g/mol. The fraction of sp³-hybridized carbons (Fsp3) is 0.343. The smallest absolute Gasteiger partial charge is 0.251 e. The van der Waals surface area contributed by atoms with Crippen LogP contribution in [0.15, 0.2) is 96.2 Å². The van der Waals surface area contributed by atoms with Gasteiger partial charge in [0.15, 0.2) is 5.16 Å². The highest BCUT2D eigenvalue weighted by atomic mass is 35.5. The fourth-order valence-corrected chi connectivity index (χ4v) is 6.91. The van der Waals surface area contributed by atoms with Crippen molar-refractivity contribution in [1.29, 1.82) is 0 Å². The summed E-state index contributed by atoms with van der Waals surface area (Å²) in [6.07, 6.45) is 1.93. The van der Waals surface area contributed by atoms with Crippen molar-refractivity contribution < 1.29 is 4.79 Å². The molecule has 2 fully saturated rings. The van der Waals surface area contributed by atoms with Gasteiger partial charge in [-0.05, 0) is 41.7 Å². The number of carbonyl (C=O) groups excluding carboxylic acids is 1. The summed E-state index contributed by atoms with van der Waals surface area (Å²) in [6, 6.07) is 31.1. The number of nitrogens with one attached hydrogen (secondary N) is 1. The molecule has 4 aromatic rings. The number of rotatable bonds is 10. The molecule has 0 unspecified atom stereocenters. The third kappa shape index (κ3) is 8.60. The van der Waals surface area contributed by atoms with Crippen LogP contribution in [0.3, 0.4) is 0 Å². The Balaban J connectivity index is 0.982. The zero-order valence-electron chi connectivity index (χ0n) is 24.9. The minimum Gasteiger partial charge on any atom is -0.354 e. The Bertz CT molecular complexity index is 1510. The van der Waals surface area contributed by atoms with Gasteiger partial charge in [0.2, 0.25) is 0 Å². The van der Waals surface area contributed by atoms with Gasteiger partial charge in [0, 0.05) is 75.8 Å². The van der Waals surface area contributed by atoms with Crippen molar-refractivity contribution in [2.24, 2.45) is 0 Å². The molecule has 7 nitrogen and oxygen atoms in total. The van der Waals surface area contributed by atoms with Gasteiger partial charge in [0.25, 0.3) is 5.91 Å². The molecule has 1 N–H and O–H groups in total. The lowest BCUT2D eigenvalue weighted by Gasteiger charge is -2.35. The molecule has 228 valence electrons. The number of piperidine rings is 1. The molecule has 9 heteroatoms. The molecule has 2 saturated heterocycles. The Hall–Kier alpha value is -3.43. The van der Waals surface area contributed by atoms with E-state index in [9.17, 15) is 4.79 Å². The third-order valence-electron chi connectivity index (χ3n) is 8.34. The fourth-order valence-electron chi connectivity index (χ4n) is 5.88. The van der Waals surface area contributed by atoms with Crippen LogP contribution >= 0.6 is 23.4 Å². The van der Waals surface area contributed by atoms with Crippen molar-refractivity contribution >= 4 is 35.1 Å². The topological polar surface area (TPSA) is 64.6 Å². The van der Waals surface area contributed by atoms with Crippen LogP contribution in [0.4, 0.5) is 5.82 Å². The van der Waals surface area contributed by atoms with Crippen molar-refractivity contribution in [1.82, 2.24) is 25.1 Å². The van der Waals surface area contributed by atoms with E-state index in [1.54, 1.807) is 11.8 Å². The quantitative estimate of drug-likeness (QED) is 0.129. The summed E-state index contributed by atoms with van der Waals surface area (Å²) in [5.74, 6) is 1.52. The molecule has 2 aliphatic heterocycles. The molecule has 6 rings (SSSR count). The second-order valence-electron chi connectivity index (χ2n) is 11.6. The van der Waals surface area contributed by atoms with Gasteiger partial charge in [0.1, 0.15) is 11.0 Å². The highest BCUT2D eigenvalue weighted by Crippen LogP contribution is 2.26. The second-order valence-corrected chi connectivity index (χ2v) is 12.9. The SMILES string of the molecule is O=C(NC1CCN(Cc2ccccc2)CC1)c1cccc(CSc2nc(Cl)cc(N3CCN(Cc4ccccc4)CC3)n2)c1. The summed E-state index contributed by atoms with van der Waals surface area (Å²) < 4.78 is 0. The first-order valence-corrected chi connectivity index (χ1v) is 16.8. The Morgan fingerprint density at radius 3 is 2.02 bits per heavy atom. The maximum atomic E-state index is 13.1. The molecule has 1 aromatic heterocycles. The number of piperazine rings is 1. The molecule has 0 aliphatic carbocycles. The molecular weight excluding hydrogens is 588 g/mol. The molecule has 0 saturated carbocycles. The van der Waals surface area contributed by atoms with Gasteiger partial charge in [-0.25, -0.2) is 9.97 Å². The summed E-state index contributed by atoms with van der Waals surface area (Å²) in [4.78, 5) is 29.7. The molecule has 2 aliphatic rings. The molecule has 3 aromatic carbocycles. The van der Waals surface area contributed by atoms with Crippen molar-refractivity contribution in [3.05, 3.63) is 118 Å². The van der Waals surface area contributed by atoms with E-state index in [4.69, 9.17) is 16.6 Å². The number of thioether (sulfide) groups is 1. The maximum absolute atomic E-state index is 13.1. The number of aromatic nitrogens is 2. The van der Waals surface area contributed by atoms with Gasteiger partial charge in [-0.2, -0.15) is 0 Å². The molecule has 0 atom stereocenters. The number of likely N-dealkylation sites (tertiary alicyclic amines) is 1. The molecule has 1 amide bonds. The minimum atomic E-state index is -0.00828. The lowest BCUT2D eigenvalue weighted by Crippen LogP contribution is -2.46. The Kier molecular flexibility index (Phi) is 10.5. The number of carbonyl (C=O) groups is 1. The van der Waals surface area contributed by atoms with Crippen LogP contribution in [0.25, 0.3) is 0 Å². The molecule has 44 heavy (non-hydrogen) atoms. The van der Waals surface area contributed by atoms with Crippen molar-refractivity contribution in [3.8, 4) is 0 Å². The molecule has 3 heterocycles. The highest BCUT2D eigenvalue weighted by Gasteiger charge is 2.22. The minimum absolute atomic E-state index is 0.00828. The largest absolute Gasteiger partial charge is 0.354 e. The number of nitrogens with zero attached hydrogens (tertiary/aromatic N) is 5. The number of hydrogen-bond donors (Lipinski definition) is 1. The van der Waals surface area contributed by atoms with E-state index in [-0.39, 0.29) is 11.9 Å². The van der Waals surface area contributed by atoms with Crippen LogP contribution in [0.2, 0.25) is 5.15 Å². The first-order valence-electron chi connectivity index (χ1n) is 15.4. The molecule has 0 spiro atoms. The first kappa shape index (κ1) is 30.6.